The van der Waals surface area contributed by atoms with Gasteiger partial charge in [0, 0.05) is 0 Å². The van der Waals surface area contributed by atoms with Gasteiger partial charge in [-0.15, -0.1) is 11.3 Å². The molecule has 0 spiro atoms. The summed E-state index contributed by atoms with van der Waals surface area (Å²) in [7, 11) is 1.48. The Morgan fingerprint density at radius 2 is 2.08 bits per heavy atom. The lowest BCUT2D eigenvalue weighted by Crippen LogP contribution is -2.15. The topological polar surface area (TPSA) is 74.2 Å². The fourth-order valence-electron chi connectivity index (χ4n) is 2.16. The van der Waals surface area contributed by atoms with Crippen LogP contribution in [0.3, 0.4) is 0 Å². The molecule has 0 bridgehead atoms. The maximum absolute atomic E-state index is 12.0. The highest BCUT2D eigenvalue weighted by molar-refractivity contribution is 7.12. The number of nitrogens with zero attached hydrogens (tertiary/aromatic N) is 1. The first kappa shape index (κ1) is 17.9. The maximum Gasteiger partial charge on any atom is 0.363 e. The molecule has 3 rings (SSSR count). The van der Waals surface area contributed by atoms with Crippen molar-refractivity contribution in [3.63, 3.8) is 0 Å². The number of methoxy groups -OCH3 is 1. The fourth-order valence-corrected chi connectivity index (χ4v) is 2.81. The molecule has 1 aromatic carbocycles. The molecule has 0 radical (unpaired) electrons. The van der Waals surface area contributed by atoms with Crippen LogP contribution in [0.1, 0.15) is 24.3 Å². The molecule has 2 heterocycles. The van der Waals surface area contributed by atoms with Crippen molar-refractivity contribution in [2.75, 3.05) is 7.11 Å². The molecule has 1 aromatic heterocycles. The van der Waals surface area contributed by atoms with Crippen LogP contribution in [-0.2, 0) is 14.3 Å². The highest BCUT2D eigenvalue weighted by Crippen LogP contribution is 2.30. The molecule has 7 heteroatoms. The summed E-state index contributed by atoms with van der Waals surface area (Å²) in [5, 5.41) is 1.88. The third-order valence-electron chi connectivity index (χ3n) is 3.53. The number of rotatable bonds is 5. The van der Waals surface area contributed by atoms with Crippen LogP contribution in [0.25, 0.3) is 6.08 Å². The summed E-state index contributed by atoms with van der Waals surface area (Å²) in [5.74, 6) is -0.0978. The summed E-state index contributed by atoms with van der Waals surface area (Å²) in [6, 6.07) is 8.70. The Kier molecular flexibility index (Phi) is 5.18. The van der Waals surface area contributed by atoms with Gasteiger partial charge < -0.3 is 14.2 Å². The minimum absolute atomic E-state index is 0.197. The normalized spacial score (nSPS) is 15.2. The zero-order valence-electron chi connectivity index (χ0n) is 14.5. The van der Waals surface area contributed by atoms with E-state index in [2.05, 4.69) is 4.99 Å². The number of esters is 2. The van der Waals surface area contributed by atoms with Crippen molar-refractivity contribution in [3.05, 3.63) is 51.8 Å². The first-order valence-corrected chi connectivity index (χ1v) is 8.82. The van der Waals surface area contributed by atoms with Crippen LogP contribution >= 0.6 is 11.3 Å². The second-order valence-corrected chi connectivity index (χ2v) is 6.75. The second kappa shape index (κ2) is 7.53. The fraction of sp³-hybridized carbons (Fsp3) is 0.211. The summed E-state index contributed by atoms with van der Waals surface area (Å²) in [5.41, 5.74) is 0.872. The SMILES string of the molecule is COc1cc(/C=C2\N=C(c3cccs3)OC2=O)ccc1OC(=O)C(C)C. The van der Waals surface area contributed by atoms with Crippen LogP contribution in [0.2, 0.25) is 0 Å². The molecule has 0 saturated heterocycles. The first-order valence-electron chi connectivity index (χ1n) is 7.94. The van der Waals surface area contributed by atoms with E-state index in [-0.39, 0.29) is 17.6 Å². The number of hydrogen-bond acceptors (Lipinski definition) is 7. The summed E-state index contributed by atoms with van der Waals surface area (Å²) >= 11 is 1.44. The number of aliphatic imine (C=N–C) groups is 1. The van der Waals surface area contributed by atoms with E-state index in [9.17, 15) is 9.59 Å². The van der Waals surface area contributed by atoms with Crippen LogP contribution in [0, 0.1) is 5.92 Å². The quantitative estimate of drug-likeness (QED) is 0.455. The average molecular weight is 371 g/mol. The molecule has 0 atom stereocenters. The van der Waals surface area contributed by atoms with Crippen LogP contribution in [0.5, 0.6) is 11.5 Å². The van der Waals surface area contributed by atoms with Crippen molar-refractivity contribution in [1.29, 1.82) is 0 Å². The smallest absolute Gasteiger partial charge is 0.363 e. The Hall–Kier alpha value is -2.93. The minimum Gasteiger partial charge on any atom is -0.493 e. The van der Waals surface area contributed by atoms with Crippen LogP contribution in [0.4, 0.5) is 0 Å². The molecule has 0 saturated carbocycles. The Bertz CT molecular complexity index is 897. The third-order valence-corrected chi connectivity index (χ3v) is 4.38. The molecule has 0 aliphatic carbocycles. The lowest BCUT2D eigenvalue weighted by atomic mass is 10.1. The van der Waals surface area contributed by atoms with Crippen molar-refractivity contribution < 1.29 is 23.8 Å². The monoisotopic (exact) mass is 371 g/mol. The van der Waals surface area contributed by atoms with Gasteiger partial charge in [0.25, 0.3) is 0 Å². The van der Waals surface area contributed by atoms with Gasteiger partial charge in [-0.3, -0.25) is 4.79 Å². The Balaban J connectivity index is 1.87. The molecule has 26 heavy (non-hydrogen) atoms. The van der Waals surface area contributed by atoms with E-state index in [1.807, 2.05) is 17.5 Å². The number of cyclic esters (lactones) is 1. The van der Waals surface area contributed by atoms with E-state index >= 15 is 0 Å². The van der Waals surface area contributed by atoms with E-state index in [1.165, 1.54) is 18.4 Å². The standard InChI is InChI=1S/C19H17NO5S/c1-11(2)18(21)24-14-7-6-12(10-15(14)23-3)9-13-19(22)25-17(20-13)16-5-4-8-26-16/h4-11H,1-3H3/b13-9-. The lowest BCUT2D eigenvalue weighted by Gasteiger charge is -2.11. The molecule has 134 valence electrons. The number of ether oxygens (including phenoxy) is 3. The Labute approximate surface area is 154 Å². The predicted molar refractivity (Wildman–Crippen MR) is 98.4 cm³/mol. The predicted octanol–water partition coefficient (Wildman–Crippen LogP) is 3.66. The van der Waals surface area contributed by atoms with Gasteiger partial charge in [-0.2, -0.15) is 0 Å². The van der Waals surface area contributed by atoms with E-state index in [4.69, 9.17) is 14.2 Å². The zero-order valence-corrected chi connectivity index (χ0v) is 15.3. The number of hydrogen-bond donors (Lipinski definition) is 0. The average Bonchev–Trinajstić information content (AvgIpc) is 3.26. The van der Waals surface area contributed by atoms with Gasteiger partial charge in [0.1, 0.15) is 0 Å². The Morgan fingerprint density at radius 3 is 2.73 bits per heavy atom. The largest absolute Gasteiger partial charge is 0.493 e. The van der Waals surface area contributed by atoms with Gasteiger partial charge in [-0.05, 0) is 35.2 Å². The molecular formula is C19H17NO5S. The van der Waals surface area contributed by atoms with Gasteiger partial charge in [0.05, 0.1) is 17.9 Å². The molecule has 1 aliphatic rings. The van der Waals surface area contributed by atoms with Gasteiger partial charge >= 0.3 is 11.9 Å². The van der Waals surface area contributed by atoms with Crippen LogP contribution < -0.4 is 9.47 Å². The zero-order chi connectivity index (χ0) is 18.7. The summed E-state index contributed by atoms with van der Waals surface area (Å²) in [6.07, 6.45) is 1.60. The molecule has 0 amide bonds. The first-order chi connectivity index (χ1) is 12.5. The lowest BCUT2D eigenvalue weighted by molar-refractivity contribution is -0.137. The molecule has 0 N–H and O–H groups in total. The number of carbonyl (C=O) groups is 2. The molecule has 2 aromatic rings. The molecule has 0 fully saturated rings. The minimum atomic E-state index is -0.511. The highest BCUT2D eigenvalue weighted by Gasteiger charge is 2.25. The molecule has 0 unspecified atom stereocenters. The maximum atomic E-state index is 12.0. The van der Waals surface area contributed by atoms with Crippen molar-refractivity contribution in [3.8, 4) is 11.5 Å². The van der Waals surface area contributed by atoms with E-state index in [1.54, 1.807) is 38.1 Å². The molecule has 6 nitrogen and oxygen atoms in total. The van der Waals surface area contributed by atoms with Crippen molar-refractivity contribution in [1.82, 2.24) is 0 Å². The van der Waals surface area contributed by atoms with Crippen molar-refractivity contribution in [2.45, 2.75) is 13.8 Å². The Morgan fingerprint density at radius 1 is 1.27 bits per heavy atom. The van der Waals surface area contributed by atoms with E-state index in [0.29, 0.717) is 23.0 Å². The van der Waals surface area contributed by atoms with Crippen LogP contribution in [-0.4, -0.2) is 24.9 Å². The summed E-state index contributed by atoms with van der Waals surface area (Å²) in [6.45, 7) is 3.50. The summed E-state index contributed by atoms with van der Waals surface area (Å²) < 4.78 is 15.8. The van der Waals surface area contributed by atoms with Crippen LogP contribution in [0.15, 0.2) is 46.4 Å². The van der Waals surface area contributed by atoms with Gasteiger partial charge in [-0.1, -0.05) is 26.0 Å². The van der Waals surface area contributed by atoms with Crippen molar-refractivity contribution >= 4 is 35.2 Å². The van der Waals surface area contributed by atoms with Gasteiger partial charge in [-0.25, -0.2) is 9.79 Å². The van der Waals surface area contributed by atoms with Gasteiger partial charge in [0.2, 0.25) is 5.90 Å². The molecular weight excluding hydrogens is 354 g/mol. The number of benzene rings is 1. The van der Waals surface area contributed by atoms with E-state index in [0.717, 1.165) is 4.88 Å². The van der Waals surface area contributed by atoms with E-state index < -0.39 is 5.97 Å². The molecule has 1 aliphatic heterocycles. The van der Waals surface area contributed by atoms with Crippen molar-refractivity contribution in [2.24, 2.45) is 10.9 Å². The second-order valence-electron chi connectivity index (χ2n) is 5.80. The number of carbonyl (C=O) groups excluding carboxylic acids is 2. The number of thiophene rings is 1. The highest BCUT2D eigenvalue weighted by atomic mass is 32.1. The third kappa shape index (κ3) is 3.83. The summed E-state index contributed by atoms with van der Waals surface area (Å²) in [4.78, 5) is 28.8. The van der Waals surface area contributed by atoms with Gasteiger partial charge in [0.15, 0.2) is 17.2 Å².